The topological polar surface area (TPSA) is 64.3 Å². The van der Waals surface area contributed by atoms with Crippen LogP contribution in [0, 0.1) is 6.92 Å². The van der Waals surface area contributed by atoms with Gasteiger partial charge in [0, 0.05) is 6.04 Å². The summed E-state index contributed by atoms with van der Waals surface area (Å²) in [6.45, 7) is 12.7. The fraction of sp³-hybridized carbons (Fsp3) is 0.588. The van der Waals surface area contributed by atoms with Crippen LogP contribution >= 0.6 is 0 Å². The number of hydrogen-bond donors (Lipinski definition) is 2. The minimum absolute atomic E-state index is 0.109. The van der Waals surface area contributed by atoms with Crippen LogP contribution in [0.3, 0.4) is 0 Å². The Hall–Kier alpha value is -1.55. The Bertz CT molecular complexity index is 490. The van der Waals surface area contributed by atoms with Gasteiger partial charge in [-0.15, -0.1) is 0 Å². The third kappa shape index (κ3) is 5.38. The monoisotopic (exact) mass is 292 g/mol. The zero-order valence-electron chi connectivity index (χ0n) is 14.0. The molecule has 0 heterocycles. The van der Waals surface area contributed by atoms with Gasteiger partial charge in [-0.2, -0.15) is 0 Å². The molecule has 0 aliphatic heterocycles. The minimum atomic E-state index is -0.480. The Balaban J connectivity index is 2.77. The Morgan fingerprint density at radius 1 is 1.33 bits per heavy atom. The standard InChI is InChI=1S/C17H28N2O2/c1-11(2)19-14(16(18)20)10-21-15-8-7-13(9-12(15)3)17(4,5)6/h7-9,11,14,19H,10H2,1-6H3,(H2,18,20). The van der Waals surface area contributed by atoms with Gasteiger partial charge in [0.05, 0.1) is 0 Å². The minimum Gasteiger partial charge on any atom is -0.491 e. The molecule has 1 unspecified atom stereocenters. The van der Waals surface area contributed by atoms with E-state index in [1.807, 2.05) is 26.8 Å². The molecule has 0 fully saturated rings. The third-order valence-electron chi connectivity index (χ3n) is 3.32. The molecule has 1 amide bonds. The van der Waals surface area contributed by atoms with Crippen LogP contribution < -0.4 is 15.8 Å². The van der Waals surface area contributed by atoms with Gasteiger partial charge in [-0.05, 0) is 29.5 Å². The van der Waals surface area contributed by atoms with E-state index in [1.54, 1.807) is 0 Å². The zero-order valence-corrected chi connectivity index (χ0v) is 14.0. The normalized spacial score (nSPS) is 13.3. The lowest BCUT2D eigenvalue weighted by Gasteiger charge is -2.22. The van der Waals surface area contributed by atoms with Crippen LogP contribution in [0.2, 0.25) is 0 Å². The fourth-order valence-electron chi connectivity index (χ4n) is 2.07. The molecule has 21 heavy (non-hydrogen) atoms. The molecule has 3 N–H and O–H groups in total. The van der Waals surface area contributed by atoms with E-state index in [0.29, 0.717) is 0 Å². The van der Waals surface area contributed by atoms with Crippen molar-refractivity contribution in [2.24, 2.45) is 5.73 Å². The molecular formula is C17H28N2O2. The number of carbonyl (C=O) groups excluding carboxylic acids is 1. The number of carbonyl (C=O) groups is 1. The number of primary amides is 1. The third-order valence-corrected chi connectivity index (χ3v) is 3.32. The maximum absolute atomic E-state index is 11.4. The molecule has 0 spiro atoms. The molecule has 0 aliphatic carbocycles. The van der Waals surface area contributed by atoms with E-state index in [1.165, 1.54) is 5.56 Å². The smallest absolute Gasteiger partial charge is 0.238 e. The van der Waals surface area contributed by atoms with Crippen molar-refractivity contribution < 1.29 is 9.53 Å². The van der Waals surface area contributed by atoms with Crippen molar-refractivity contribution in [2.45, 2.75) is 59.0 Å². The molecule has 0 saturated heterocycles. The van der Waals surface area contributed by atoms with Gasteiger partial charge in [0.15, 0.2) is 0 Å². The van der Waals surface area contributed by atoms with E-state index in [0.717, 1.165) is 11.3 Å². The lowest BCUT2D eigenvalue weighted by atomic mass is 9.86. The van der Waals surface area contributed by atoms with Crippen LogP contribution in [-0.4, -0.2) is 24.6 Å². The Kier molecular flexibility index (Phi) is 5.78. The van der Waals surface area contributed by atoms with Crippen molar-refractivity contribution in [3.63, 3.8) is 0 Å². The summed E-state index contributed by atoms with van der Waals surface area (Å²) in [5, 5.41) is 3.11. The largest absolute Gasteiger partial charge is 0.491 e. The molecule has 0 saturated carbocycles. The predicted octanol–water partition coefficient (Wildman–Crippen LogP) is 2.52. The molecule has 1 atom stereocenters. The first-order valence-electron chi connectivity index (χ1n) is 7.40. The summed E-state index contributed by atoms with van der Waals surface area (Å²) >= 11 is 0. The van der Waals surface area contributed by atoms with Gasteiger partial charge in [0.2, 0.25) is 5.91 Å². The molecule has 0 aliphatic rings. The highest BCUT2D eigenvalue weighted by atomic mass is 16.5. The fourth-order valence-corrected chi connectivity index (χ4v) is 2.07. The van der Waals surface area contributed by atoms with Crippen molar-refractivity contribution >= 4 is 5.91 Å². The number of rotatable bonds is 6. The van der Waals surface area contributed by atoms with E-state index in [9.17, 15) is 4.79 Å². The van der Waals surface area contributed by atoms with Gasteiger partial charge >= 0.3 is 0 Å². The van der Waals surface area contributed by atoms with E-state index in [-0.39, 0.29) is 18.1 Å². The first-order chi connectivity index (χ1) is 9.61. The van der Waals surface area contributed by atoms with Crippen LogP contribution in [0.25, 0.3) is 0 Å². The molecule has 0 radical (unpaired) electrons. The molecule has 1 aromatic rings. The summed E-state index contributed by atoms with van der Waals surface area (Å²) < 4.78 is 5.77. The highest BCUT2D eigenvalue weighted by Gasteiger charge is 2.18. The second-order valence-corrected chi connectivity index (χ2v) is 6.82. The highest BCUT2D eigenvalue weighted by molar-refractivity contribution is 5.80. The Morgan fingerprint density at radius 2 is 1.95 bits per heavy atom. The second-order valence-electron chi connectivity index (χ2n) is 6.82. The van der Waals surface area contributed by atoms with Crippen LogP contribution in [0.1, 0.15) is 45.7 Å². The first kappa shape index (κ1) is 17.5. The molecule has 1 rings (SSSR count). The summed E-state index contributed by atoms with van der Waals surface area (Å²) in [6, 6.07) is 5.85. The van der Waals surface area contributed by atoms with Crippen molar-refractivity contribution in [3.8, 4) is 5.75 Å². The van der Waals surface area contributed by atoms with E-state index >= 15 is 0 Å². The van der Waals surface area contributed by atoms with Crippen molar-refractivity contribution in [2.75, 3.05) is 6.61 Å². The van der Waals surface area contributed by atoms with E-state index in [2.05, 4.69) is 38.2 Å². The number of benzene rings is 1. The first-order valence-corrected chi connectivity index (χ1v) is 7.40. The average Bonchev–Trinajstić information content (AvgIpc) is 2.33. The van der Waals surface area contributed by atoms with Crippen molar-refractivity contribution in [1.82, 2.24) is 5.32 Å². The van der Waals surface area contributed by atoms with Gasteiger partial charge in [-0.1, -0.05) is 46.8 Å². The number of ether oxygens (including phenoxy) is 1. The Labute approximate surface area is 128 Å². The summed E-state index contributed by atoms with van der Waals surface area (Å²) in [7, 11) is 0. The molecule has 4 nitrogen and oxygen atoms in total. The van der Waals surface area contributed by atoms with Gasteiger partial charge < -0.3 is 15.8 Å². The molecule has 0 bridgehead atoms. The van der Waals surface area contributed by atoms with Crippen LogP contribution in [0.5, 0.6) is 5.75 Å². The molecule has 0 aromatic heterocycles. The maximum Gasteiger partial charge on any atom is 0.238 e. The number of aryl methyl sites for hydroxylation is 1. The van der Waals surface area contributed by atoms with E-state index in [4.69, 9.17) is 10.5 Å². The zero-order chi connectivity index (χ0) is 16.2. The number of amides is 1. The van der Waals surface area contributed by atoms with Crippen LogP contribution in [0.15, 0.2) is 18.2 Å². The average molecular weight is 292 g/mol. The molecule has 118 valence electrons. The summed E-state index contributed by atoms with van der Waals surface area (Å²) in [5.41, 5.74) is 7.82. The molecule has 1 aromatic carbocycles. The van der Waals surface area contributed by atoms with Crippen molar-refractivity contribution in [3.05, 3.63) is 29.3 Å². The van der Waals surface area contributed by atoms with Crippen LogP contribution in [0.4, 0.5) is 0 Å². The summed E-state index contributed by atoms with van der Waals surface area (Å²) in [4.78, 5) is 11.4. The van der Waals surface area contributed by atoms with E-state index < -0.39 is 11.9 Å². The van der Waals surface area contributed by atoms with Gasteiger partial charge in [-0.3, -0.25) is 4.79 Å². The summed E-state index contributed by atoms with van der Waals surface area (Å²) in [6.07, 6.45) is 0. The highest BCUT2D eigenvalue weighted by Crippen LogP contribution is 2.27. The summed E-state index contributed by atoms with van der Waals surface area (Å²) in [5.74, 6) is 0.396. The predicted molar refractivity (Wildman–Crippen MR) is 86.6 cm³/mol. The van der Waals surface area contributed by atoms with Gasteiger partial charge in [0.1, 0.15) is 18.4 Å². The SMILES string of the molecule is Cc1cc(C(C)(C)C)ccc1OCC(NC(C)C)C(N)=O. The number of hydrogen-bond acceptors (Lipinski definition) is 3. The van der Waals surface area contributed by atoms with Gasteiger partial charge in [-0.25, -0.2) is 0 Å². The lowest BCUT2D eigenvalue weighted by molar-refractivity contribution is -0.120. The van der Waals surface area contributed by atoms with Crippen LogP contribution in [-0.2, 0) is 10.2 Å². The lowest BCUT2D eigenvalue weighted by Crippen LogP contribution is -2.48. The molecular weight excluding hydrogens is 264 g/mol. The number of nitrogens with one attached hydrogen (secondary N) is 1. The number of nitrogens with two attached hydrogens (primary N) is 1. The second kappa shape index (κ2) is 6.94. The van der Waals surface area contributed by atoms with Crippen molar-refractivity contribution in [1.29, 1.82) is 0 Å². The Morgan fingerprint density at radius 3 is 2.38 bits per heavy atom. The quantitative estimate of drug-likeness (QED) is 0.847. The molecule has 4 heteroatoms. The van der Waals surface area contributed by atoms with Gasteiger partial charge in [0.25, 0.3) is 0 Å². The maximum atomic E-state index is 11.4.